The zero-order valence-electron chi connectivity index (χ0n) is 10.2. The van der Waals surface area contributed by atoms with Gasteiger partial charge in [-0.3, -0.25) is 10.1 Å². The van der Waals surface area contributed by atoms with Gasteiger partial charge in [-0.15, -0.1) is 0 Å². The Morgan fingerprint density at radius 2 is 2.06 bits per heavy atom. The monoisotopic (exact) mass is 359 g/mol. The maximum Gasteiger partial charge on any atom is 0.325 e. The van der Waals surface area contributed by atoms with Gasteiger partial charge in [0.25, 0.3) is 0 Å². The second-order valence-electron chi connectivity index (χ2n) is 4.83. The maximum atomic E-state index is 11.4. The molecule has 4 heteroatoms. The quantitative estimate of drug-likeness (QED) is 0.811. The van der Waals surface area contributed by atoms with E-state index in [1.54, 1.807) is 0 Å². The van der Waals surface area contributed by atoms with Gasteiger partial charge in [-0.1, -0.05) is 31.4 Å². The van der Waals surface area contributed by atoms with Gasteiger partial charge >= 0.3 is 5.97 Å². The Morgan fingerprint density at radius 1 is 1.33 bits per heavy atom. The summed E-state index contributed by atoms with van der Waals surface area (Å²) in [4.78, 5) is 11.4. The number of nitrogens with one attached hydrogen (secondary N) is 1. The highest BCUT2D eigenvalue weighted by molar-refractivity contribution is 14.1. The fourth-order valence-corrected chi connectivity index (χ4v) is 3.07. The molecule has 0 spiro atoms. The van der Waals surface area contributed by atoms with E-state index in [2.05, 4.69) is 27.9 Å². The molecule has 0 aliphatic heterocycles. The SMILES string of the molecule is O=C(O)C(NC1CCCCC1)c1cccc(I)c1. The minimum atomic E-state index is -0.789. The van der Waals surface area contributed by atoms with E-state index in [0.717, 1.165) is 22.0 Å². The molecule has 2 rings (SSSR count). The predicted octanol–water partition coefficient (Wildman–Crippen LogP) is 3.34. The van der Waals surface area contributed by atoms with Crippen molar-refractivity contribution in [3.8, 4) is 0 Å². The Bertz CT molecular complexity index is 416. The molecule has 1 fully saturated rings. The fraction of sp³-hybridized carbons (Fsp3) is 0.500. The van der Waals surface area contributed by atoms with Crippen molar-refractivity contribution >= 4 is 28.6 Å². The molecule has 18 heavy (non-hydrogen) atoms. The zero-order valence-corrected chi connectivity index (χ0v) is 12.4. The third-order valence-electron chi connectivity index (χ3n) is 3.44. The molecule has 1 aliphatic carbocycles. The molecule has 2 N–H and O–H groups in total. The van der Waals surface area contributed by atoms with E-state index in [1.807, 2.05) is 24.3 Å². The lowest BCUT2D eigenvalue weighted by Gasteiger charge is -2.26. The van der Waals surface area contributed by atoms with Gasteiger partial charge in [-0.25, -0.2) is 0 Å². The van der Waals surface area contributed by atoms with Crippen LogP contribution in [0.4, 0.5) is 0 Å². The largest absolute Gasteiger partial charge is 0.480 e. The molecule has 0 radical (unpaired) electrons. The average Bonchev–Trinajstić information content (AvgIpc) is 2.37. The van der Waals surface area contributed by atoms with Crippen LogP contribution in [0.3, 0.4) is 0 Å². The second kappa shape index (κ2) is 6.52. The molecular weight excluding hydrogens is 341 g/mol. The van der Waals surface area contributed by atoms with Crippen molar-refractivity contribution in [3.05, 3.63) is 33.4 Å². The highest BCUT2D eigenvalue weighted by Crippen LogP contribution is 2.22. The summed E-state index contributed by atoms with van der Waals surface area (Å²) >= 11 is 2.21. The molecule has 1 saturated carbocycles. The Labute approximate surface area is 121 Å². The number of carbonyl (C=O) groups is 1. The summed E-state index contributed by atoms with van der Waals surface area (Å²) in [7, 11) is 0. The van der Waals surface area contributed by atoms with Gasteiger partial charge in [0.05, 0.1) is 0 Å². The molecule has 0 saturated heterocycles. The van der Waals surface area contributed by atoms with Crippen LogP contribution in [0.1, 0.15) is 43.7 Å². The summed E-state index contributed by atoms with van der Waals surface area (Å²) in [5.41, 5.74) is 0.847. The van der Waals surface area contributed by atoms with Gasteiger partial charge in [0, 0.05) is 9.61 Å². The van der Waals surface area contributed by atoms with Crippen LogP contribution in [0.2, 0.25) is 0 Å². The van der Waals surface area contributed by atoms with Crippen LogP contribution >= 0.6 is 22.6 Å². The fourth-order valence-electron chi connectivity index (χ4n) is 2.50. The van der Waals surface area contributed by atoms with Crippen LogP contribution in [-0.2, 0) is 4.79 Å². The van der Waals surface area contributed by atoms with E-state index in [9.17, 15) is 9.90 Å². The van der Waals surface area contributed by atoms with Crippen LogP contribution < -0.4 is 5.32 Å². The van der Waals surface area contributed by atoms with E-state index in [-0.39, 0.29) is 0 Å². The first kappa shape index (κ1) is 13.8. The zero-order chi connectivity index (χ0) is 13.0. The lowest BCUT2D eigenvalue weighted by atomic mass is 9.94. The first-order valence-electron chi connectivity index (χ1n) is 6.41. The van der Waals surface area contributed by atoms with E-state index < -0.39 is 12.0 Å². The Balaban J connectivity index is 2.10. The number of carboxylic acids is 1. The van der Waals surface area contributed by atoms with Crippen molar-refractivity contribution in [1.82, 2.24) is 5.32 Å². The second-order valence-corrected chi connectivity index (χ2v) is 6.07. The third-order valence-corrected chi connectivity index (χ3v) is 4.11. The summed E-state index contributed by atoms with van der Waals surface area (Å²) in [5, 5.41) is 12.7. The normalized spacial score (nSPS) is 18.5. The van der Waals surface area contributed by atoms with Crippen molar-refractivity contribution in [1.29, 1.82) is 0 Å². The van der Waals surface area contributed by atoms with Crippen molar-refractivity contribution in [2.45, 2.75) is 44.2 Å². The lowest BCUT2D eigenvalue weighted by molar-refractivity contribution is -0.140. The van der Waals surface area contributed by atoms with Crippen LogP contribution in [0.5, 0.6) is 0 Å². The number of benzene rings is 1. The van der Waals surface area contributed by atoms with Crippen LogP contribution in [0.25, 0.3) is 0 Å². The summed E-state index contributed by atoms with van der Waals surface area (Å²) in [6, 6.07) is 7.48. The smallest absolute Gasteiger partial charge is 0.325 e. The molecule has 1 unspecified atom stereocenters. The Morgan fingerprint density at radius 3 is 2.67 bits per heavy atom. The molecule has 1 atom stereocenters. The van der Waals surface area contributed by atoms with Crippen LogP contribution in [0, 0.1) is 3.57 Å². The van der Waals surface area contributed by atoms with E-state index in [1.165, 1.54) is 19.3 Å². The molecule has 0 heterocycles. The summed E-state index contributed by atoms with van der Waals surface area (Å²) in [6.45, 7) is 0. The lowest BCUT2D eigenvalue weighted by Crippen LogP contribution is -2.38. The first-order valence-corrected chi connectivity index (χ1v) is 7.49. The molecule has 3 nitrogen and oxygen atoms in total. The van der Waals surface area contributed by atoms with Crippen LogP contribution in [0.15, 0.2) is 24.3 Å². The number of hydrogen-bond acceptors (Lipinski definition) is 2. The number of rotatable bonds is 4. The highest BCUT2D eigenvalue weighted by Gasteiger charge is 2.24. The van der Waals surface area contributed by atoms with Crippen molar-refractivity contribution in [2.75, 3.05) is 0 Å². The summed E-state index contributed by atoms with van der Waals surface area (Å²) in [6.07, 6.45) is 5.87. The highest BCUT2D eigenvalue weighted by atomic mass is 127. The molecule has 1 aliphatic rings. The van der Waals surface area contributed by atoms with Gasteiger partial charge in [0.15, 0.2) is 0 Å². The minimum Gasteiger partial charge on any atom is -0.480 e. The molecule has 0 aromatic heterocycles. The van der Waals surface area contributed by atoms with Crippen molar-refractivity contribution in [2.24, 2.45) is 0 Å². The summed E-state index contributed by atoms with van der Waals surface area (Å²) < 4.78 is 1.07. The summed E-state index contributed by atoms with van der Waals surface area (Å²) in [5.74, 6) is -0.789. The topological polar surface area (TPSA) is 49.3 Å². The number of aliphatic carboxylic acids is 1. The van der Waals surface area contributed by atoms with Gasteiger partial charge in [0.2, 0.25) is 0 Å². The molecular formula is C14H18INO2. The Kier molecular flexibility index (Phi) is 5.00. The molecule has 1 aromatic rings. The van der Waals surface area contributed by atoms with E-state index in [0.29, 0.717) is 6.04 Å². The number of carboxylic acid groups (broad SMARTS) is 1. The molecule has 1 aromatic carbocycles. The van der Waals surface area contributed by atoms with Gasteiger partial charge in [0.1, 0.15) is 6.04 Å². The van der Waals surface area contributed by atoms with Gasteiger partial charge in [-0.2, -0.15) is 0 Å². The average molecular weight is 359 g/mol. The third kappa shape index (κ3) is 3.68. The minimum absolute atomic E-state index is 0.345. The number of halogens is 1. The maximum absolute atomic E-state index is 11.4. The van der Waals surface area contributed by atoms with Crippen LogP contribution in [-0.4, -0.2) is 17.1 Å². The molecule has 0 amide bonds. The van der Waals surface area contributed by atoms with Crippen molar-refractivity contribution < 1.29 is 9.90 Å². The first-order chi connectivity index (χ1) is 8.66. The number of hydrogen-bond donors (Lipinski definition) is 2. The molecule has 98 valence electrons. The standard InChI is InChI=1S/C14H18INO2/c15-11-6-4-5-10(9-11)13(14(17)18)16-12-7-2-1-3-8-12/h4-6,9,12-13,16H,1-3,7-8H2,(H,17,18). The predicted molar refractivity (Wildman–Crippen MR) is 79.5 cm³/mol. The van der Waals surface area contributed by atoms with Gasteiger partial charge < -0.3 is 5.11 Å². The van der Waals surface area contributed by atoms with E-state index in [4.69, 9.17) is 0 Å². The Hall–Kier alpha value is -0.620. The van der Waals surface area contributed by atoms with Crippen molar-refractivity contribution in [3.63, 3.8) is 0 Å². The van der Waals surface area contributed by atoms with Gasteiger partial charge in [-0.05, 0) is 53.1 Å². The van der Waals surface area contributed by atoms with E-state index >= 15 is 0 Å². The molecule has 0 bridgehead atoms.